The highest BCUT2D eigenvalue weighted by atomic mass is 79.9. The second-order valence-corrected chi connectivity index (χ2v) is 5.09. The molecule has 0 bridgehead atoms. The molecule has 0 saturated carbocycles. The van der Waals surface area contributed by atoms with E-state index in [1.165, 1.54) is 5.69 Å². The Morgan fingerprint density at radius 2 is 2.06 bits per heavy atom. The van der Waals surface area contributed by atoms with E-state index < -0.39 is 0 Å². The van der Waals surface area contributed by atoms with E-state index in [0.717, 1.165) is 40.1 Å². The minimum atomic E-state index is 0.729. The molecule has 1 heterocycles. The van der Waals surface area contributed by atoms with Gasteiger partial charge in [-0.1, -0.05) is 47.4 Å². The van der Waals surface area contributed by atoms with Crippen LogP contribution in [-0.2, 0) is 18.2 Å². The van der Waals surface area contributed by atoms with Gasteiger partial charge in [0, 0.05) is 21.6 Å². The summed E-state index contributed by atoms with van der Waals surface area (Å²) in [5.74, 6) is 0. The standard InChI is InChI=1S/C14H16BrClN2/c1-3-10-8-11(4-2)18(17-10)14-7-5-6-13(16)12(14)9-15/h5-8H,3-4,9H2,1-2H3. The van der Waals surface area contributed by atoms with Gasteiger partial charge in [-0.15, -0.1) is 0 Å². The Morgan fingerprint density at radius 3 is 2.67 bits per heavy atom. The Morgan fingerprint density at radius 1 is 1.28 bits per heavy atom. The molecule has 0 aliphatic rings. The predicted molar refractivity (Wildman–Crippen MR) is 80.0 cm³/mol. The van der Waals surface area contributed by atoms with Crippen molar-refractivity contribution >= 4 is 27.5 Å². The summed E-state index contributed by atoms with van der Waals surface area (Å²) >= 11 is 9.75. The van der Waals surface area contributed by atoms with Gasteiger partial charge >= 0.3 is 0 Å². The molecule has 1 aromatic carbocycles. The molecule has 18 heavy (non-hydrogen) atoms. The molecular formula is C14H16BrClN2. The Hall–Kier alpha value is -0.800. The molecule has 0 atom stereocenters. The van der Waals surface area contributed by atoms with Gasteiger partial charge in [0.2, 0.25) is 0 Å². The van der Waals surface area contributed by atoms with Crippen LogP contribution in [0.25, 0.3) is 5.69 Å². The lowest BCUT2D eigenvalue weighted by Crippen LogP contribution is -2.05. The van der Waals surface area contributed by atoms with Crippen molar-refractivity contribution in [2.45, 2.75) is 32.0 Å². The number of hydrogen-bond acceptors (Lipinski definition) is 1. The maximum Gasteiger partial charge on any atom is 0.0704 e. The second kappa shape index (κ2) is 5.89. The van der Waals surface area contributed by atoms with E-state index in [9.17, 15) is 0 Å². The minimum absolute atomic E-state index is 0.729. The van der Waals surface area contributed by atoms with Crippen molar-refractivity contribution in [2.75, 3.05) is 0 Å². The van der Waals surface area contributed by atoms with Crippen LogP contribution in [0.1, 0.15) is 30.8 Å². The van der Waals surface area contributed by atoms with Crippen LogP contribution in [0.15, 0.2) is 24.3 Å². The molecule has 0 saturated heterocycles. The minimum Gasteiger partial charge on any atom is -0.237 e. The maximum atomic E-state index is 6.24. The van der Waals surface area contributed by atoms with Gasteiger partial charge < -0.3 is 0 Å². The highest BCUT2D eigenvalue weighted by molar-refractivity contribution is 9.08. The summed E-state index contributed by atoms with van der Waals surface area (Å²) in [5, 5.41) is 6.16. The number of alkyl halides is 1. The Balaban J connectivity index is 2.60. The maximum absolute atomic E-state index is 6.24. The number of rotatable bonds is 4. The van der Waals surface area contributed by atoms with Crippen LogP contribution in [0.2, 0.25) is 5.02 Å². The van der Waals surface area contributed by atoms with E-state index in [1.807, 2.05) is 16.8 Å². The Bertz CT molecular complexity index is 549. The highest BCUT2D eigenvalue weighted by Crippen LogP contribution is 2.26. The molecule has 0 aliphatic heterocycles. The SMILES string of the molecule is CCc1cc(CC)n(-c2cccc(Cl)c2CBr)n1. The summed E-state index contributed by atoms with van der Waals surface area (Å²) in [6.45, 7) is 4.26. The van der Waals surface area contributed by atoms with Gasteiger partial charge in [0.05, 0.1) is 11.4 Å². The van der Waals surface area contributed by atoms with Gasteiger partial charge in [-0.25, -0.2) is 4.68 Å². The summed E-state index contributed by atoms with van der Waals surface area (Å²) in [6, 6.07) is 8.11. The first-order valence-electron chi connectivity index (χ1n) is 6.12. The van der Waals surface area contributed by atoms with Crippen LogP contribution in [-0.4, -0.2) is 9.78 Å². The van der Waals surface area contributed by atoms with Gasteiger partial charge in [-0.3, -0.25) is 0 Å². The molecule has 2 aromatic rings. The van der Waals surface area contributed by atoms with Crippen LogP contribution in [0, 0.1) is 0 Å². The fraction of sp³-hybridized carbons (Fsp3) is 0.357. The molecule has 0 unspecified atom stereocenters. The number of nitrogens with zero attached hydrogens (tertiary/aromatic N) is 2. The smallest absolute Gasteiger partial charge is 0.0704 e. The van der Waals surface area contributed by atoms with Crippen LogP contribution >= 0.6 is 27.5 Å². The van der Waals surface area contributed by atoms with Gasteiger partial charge in [0.1, 0.15) is 0 Å². The molecule has 0 spiro atoms. The average Bonchev–Trinajstić information content (AvgIpc) is 2.81. The fourth-order valence-corrected chi connectivity index (χ4v) is 2.97. The summed E-state index contributed by atoms with van der Waals surface area (Å²) in [7, 11) is 0. The number of hydrogen-bond donors (Lipinski definition) is 0. The van der Waals surface area contributed by atoms with Gasteiger partial charge in [0.15, 0.2) is 0 Å². The van der Waals surface area contributed by atoms with Crippen LogP contribution < -0.4 is 0 Å². The van der Waals surface area contributed by atoms with Crippen LogP contribution in [0.3, 0.4) is 0 Å². The largest absolute Gasteiger partial charge is 0.237 e. The molecule has 2 nitrogen and oxygen atoms in total. The summed E-state index contributed by atoms with van der Waals surface area (Å²) in [6.07, 6.45) is 1.91. The first-order chi connectivity index (χ1) is 8.71. The van der Waals surface area contributed by atoms with E-state index in [-0.39, 0.29) is 0 Å². The molecular weight excluding hydrogens is 312 g/mol. The van der Waals surface area contributed by atoms with E-state index in [4.69, 9.17) is 11.6 Å². The normalized spacial score (nSPS) is 10.9. The van der Waals surface area contributed by atoms with Gasteiger partial charge in [0.25, 0.3) is 0 Å². The van der Waals surface area contributed by atoms with Gasteiger partial charge in [-0.2, -0.15) is 5.10 Å². The van der Waals surface area contributed by atoms with Crippen LogP contribution in [0.4, 0.5) is 0 Å². The third kappa shape index (κ3) is 2.47. The molecule has 2 rings (SSSR count). The monoisotopic (exact) mass is 326 g/mol. The molecule has 0 amide bonds. The predicted octanol–water partition coefficient (Wildman–Crippen LogP) is 4.55. The van der Waals surface area contributed by atoms with E-state index in [2.05, 4.69) is 47.0 Å². The summed E-state index contributed by atoms with van der Waals surface area (Å²) in [4.78, 5) is 0. The Labute approximate surface area is 121 Å². The first-order valence-corrected chi connectivity index (χ1v) is 7.62. The highest BCUT2D eigenvalue weighted by Gasteiger charge is 2.12. The molecule has 0 aliphatic carbocycles. The quantitative estimate of drug-likeness (QED) is 0.754. The molecule has 1 aromatic heterocycles. The van der Waals surface area contributed by atoms with Crippen molar-refractivity contribution in [3.8, 4) is 5.69 Å². The number of aromatic nitrogens is 2. The lowest BCUT2D eigenvalue weighted by Gasteiger charge is -2.11. The zero-order chi connectivity index (χ0) is 13.1. The van der Waals surface area contributed by atoms with Gasteiger partial charge in [-0.05, 0) is 31.0 Å². The van der Waals surface area contributed by atoms with E-state index in [0.29, 0.717) is 0 Å². The first kappa shape index (κ1) is 13.6. The van der Waals surface area contributed by atoms with E-state index in [1.54, 1.807) is 0 Å². The summed E-state index contributed by atoms with van der Waals surface area (Å²) in [5.41, 5.74) is 4.49. The van der Waals surface area contributed by atoms with Crippen molar-refractivity contribution in [3.63, 3.8) is 0 Å². The van der Waals surface area contributed by atoms with Crippen molar-refractivity contribution in [1.82, 2.24) is 9.78 Å². The average molecular weight is 328 g/mol. The van der Waals surface area contributed by atoms with E-state index >= 15 is 0 Å². The number of halogens is 2. The molecule has 96 valence electrons. The van der Waals surface area contributed by atoms with Crippen molar-refractivity contribution in [1.29, 1.82) is 0 Å². The van der Waals surface area contributed by atoms with Crippen molar-refractivity contribution < 1.29 is 0 Å². The van der Waals surface area contributed by atoms with Crippen molar-refractivity contribution in [3.05, 3.63) is 46.2 Å². The third-order valence-corrected chi connectivity index (χ3v) is 3.93. The fourth-order valence-electron chi connectivity index (χ4n) is 1.99. The van der Waals surface area contributed by atoms with Crippen molar-refractivity contribution in [2.24, 2.45) is 0 Å². The number of aryl methyl sites for hydroxylation is 2. The molecule has 0 radical (unpaired) electrons. The molecule has 0 N–H and O–H groups in total. The lowest BCUT2D eigenvalue weighted by atomic mass is 10.2. The van der Waals surface area contributed by atoms with Crippen LogP contribution in [0.5, 0.6) is 0 Å². The summed E-state index contributed by atoms with van der Waals surface area (Å²) < 4.78 is 2.02. The second-order valence-electron chi connectivity index (χ2n) is 4.12. The number of benzene rings is 1. The zero-order valence-electron chi connectivity index (χ0n) is 10.6. The third-order valence-electron chi connectivity index (χ3n) is 3.01. The lowest BCUT2D eigenvalue weighted by molar-refractivity contribution is 0.789. The Kier molecular flexibility index (Phi) is 4.46. The topological polar surface area (TPSA) is 17.8 Å². The molecule has 0 fully saturated rings. The molecule has 4 heteroatoms. The zero-order valence-corrected chi connectivity index (χ0v) is 12.9.